The molecule has 0 aliphatic carbocycles. The van der Waals surface area contributed by atoms with E-state index in [-0.39, 0.29) is 19.0 Å². The number of rotatable bonds is 6. The fourth-order valence-electron chi connectivity index (χ4n) is 3.00. The Morgan fingerprint density at radius 2 is 1.84 bits per heavy atom. The number of alkyl halides is 3. The van der Waals surface area contributed by atoms with Crippen molar-refractivity contribution in [2.24, 2.45) is 0 Å². The Bertz CT molecular complexity index is 1270. The standard InChI is InChI=1S/C21H15F4N5O2/c22-14-5-3-4-13(12-14)19-28-27-17-8-9-18(29-30(17)19)32-11-10-26-20(31)15-6-1-2-7-16(15)21(23,24)25/h1-9,12H,10-11H2,(H,26,31). The first kappa shape index (κ1) is 21.2. The van der Waals surface area contributed by atoms with Crippen LogP contribution >= 0.6 is 0 Å². The van der Waals surface area contributed by atoms with Crippen LogP contribution in [0, 0.1) is 5.82 Å². The molecule has 7 nitrogen and oxygen atoms in total. The van der Waals surface area contributed by atoms with Crippen molar-refractivity contribution in [3.8, 4) is 17.3 Å². The molecule has 32 heavy (non-hydrogen) atoms. The van der Waals surface area contributed by atoms with E-state index in [0.717, 1.165) is 12.1 Å². The second-order valence-corrected chi connectivity index (χ2v) is 6.62. The van der Waals surface area contributed by atoms with Gasteiger partial charge >= 0.3 is 6.18 Å². The van der Waals surface area contributed by atoms with Crippen LogP contribution in [0.4, 0.5) is 17.6 Å². The highest BCUT2D eigenvalue weighted by atomic mass is 19.4. The molecule has 2 aromatic carbocycles. The normalized spacial score (nSPS) is 11.5. The number of carbonyl (C=O) groups is 1. The van der Waals surface area contributed by atoms with Gasteiger partial charge in [-0.05, 0) is 30.3 Å². The fourth-order valence-corrected chi connectivity index (χ4v) is 3.00. The number of ether oxygens (including phenoxy) is 1. The summed E-state index contributed by atoms with van der Waals surface area (Å²) in [7, 11) is 0. The van der Waals surface area contributed by atoms with Crippen LogP contribution in [-0.4, -0.2) is 38.9 Å². The second-order valence-electron chi connectivity index (χ2n) is 6.62. The Hall–Kier alpha value is -4.02. The van der Waals surface area contributed by atoms with Gasteiger partial charge in [-0.2, -0.15) is 17.7 Å². The smallest absolute Gasteiger partial charge is 0.417 e. The van der Waals surface area contributed by atoms with Crippen molar-refractivity contribution in [2.75, 3.05) is 13.2 Å². The monoisotopic (exact) mass is 445 g/mol. The van der Waals surface area contributed by atoms with Crippen molar-refractivity contribution in [1.82, 2.24) is 25.1 Å². The van der Waals surface area contributed by atoms with Crippen LogP contribution in [0.15, 0.2) is 60.7 Å². The van der Waals surface area contributed by atoms with Crippen molar-refractivity contribution < 1.29 is 27.1 Å². The van der Waals surface area contributed by atoms with Gasteiger partial charge in [-0.25, -0.2) is 4.39 Å². The third-order valence-corrected chi connectivity index (χ3v) is 4.44. The number of hydrogen-bond acceptors (Lipinski definition) is 5. The zero-order chi connectivity index (χ0) is 22.7. The van der Waals surface area contributed by atoms with Gasteiger partial charge in [-0.1, -0.05) is 24.3 Å². The van der Waals surface area contributed by atoms with Crippen LogP contribution in [0.25, 0.3) is 17.0 Å². The Labute approximate surface area is 178 Å². The highest BCUT2D eigenvalue weighted by Gasteiger charge is 2.34. The first-order valence-electron chi connectivity index (χ1n) is 9.38. The molecule has 2 aromatic heterocycles. The minimum atomic E-state index is -4.64. The van der Waals surface area contributed by atoms with E-state index in [4.69, 9.17) is 4.74 Å². The predicted molar refractivity (Wildman–Crippen MR) is 105 cm³/mol. The molecule has 0 atom stereocenters. The van der Waals surface area contributed by atoms with Gasteiger partial charge in [-0.15, -0.1) is 15.3 Å². The van der Waals surface area contributed by atoms with Crippen LogP contribution in [-0.2, 0) is 6.18 Å². The summed E-state index contributed by atoms with van der Waals surface area (Å²) in [4.78, 5) is 12.2. The van der Waals surface area contributed by atoms with Crippen molar-refractivity contribution >= 4 is 11.6 Å². The van der Waals surface area contributed by atoms with E-state index in [2.05, 4.69) is 20.6 Å². The lowest BCUT2D eigenvalue weighted by Crippen LogP contribution is -2.30. The van der Waals surface area contributed by atoms with E-state index < -0.39 is 29.0 Å². The minimum Gasteiger partial charge on any atom is -0.475 e. The zero-order valence-corrected chi connectivity index (χ0v) is 16.3. The maximum Gasteiger partial charge on any atom is 0.417 e. The largest absolute Gasteiger partial charge is 0.475 e. The third kappa shape index (κ3) is 4.51. The van der Waals surface area contributed by atoms with Gasteiger partial charge in [0.05, 0.1) is 17.7 Å². The van der Waals surface area contributed by atoms with E-state index in [1.54, 1.807) is 12.1 Å². The molecule has 1 N–H and O–H groups in total. The third-order valence-electron chi connectivity index (χ3n) is 4.44. The summed E-state index contributed by atoms with van der Waals surface area (Å²) >= 11 is 0. The second kappa shape index (κ2) is 8.61. The summed E-state index contributed by atoms with van der Waals surface area (Å²) in [6.45, 7) is -0.0977. The number of nitrogens with zero attached hydrogens (tertiary/aromatic N) is 4. The highest BCUT2D eigenvalue weighted by Crippen LogP contribution is 2.31. The lowest BCUT2D eigenvalue weighted by molar-refractivity contribution is -0.137. The first-order chi connectivity index (χ1) is 15.3. The molecule has 0 aliphatic rings. The lowest BCUT2D eigenvalue weighted by atomic mass is 10.1. The minimum absolute atomic E-state index is 0.0458. The Kier molecular flexibility index (Phi) is 5.71. The highest BCUT2D eigenvalue weighted by molar-refractivity contribution is 5.95. The molecular formula is C21H15F4N5O2. The quantitative estimate of drug-likeness (QED) is 0.361. The zero-order valence-electron chi connectivity index (χ0n) is 16.3. The summed E-state index contributed by atoms with van der Waals surface area (Å²) in [5.74, 6) is -0.825. The van der Waals surface area contributed by atoms with Crippen molar-refractivity contribution in [2.45, 2.75) is 6.18 Å². The van der Waals surface area contributed by atoms with Crippen LogP contribution in [0.1, 0.15) is 15.9 Å². The molecule has 0 aliphatic heterocycles. The van der Waals surface area contributed by atoms with Gasteiger partial charge in [0.2, 0.25) is 5.88 Å². The molecular weight excluding hydrogens is 430 g/mol. The van der Waals surface area contributed by atoms with Gasteiger partial charge in [0.15, 0.2) is 11.5 Å². The molecule has 2 heterocycles. The predicted octanol–water partition coefficient (Wildman–Crippen LogP) is 3.76. The van der Waals surface area contributed by atoms with E-state index in [9.17, 15) is 22.4 Å². The van der Waals surface area contributed by atoms with Gasteiger partial charge in [0.25, 0.3) is 5.91 Å². The Balaban J connectivity index is 1.41. The topological polar surface area (TPSA) is 81.4 Å². The van der Waals surface area contributed by atoms with E-state index in [1.165, 1.54) is 40.9 Å². The van der Waals surface area contributed by atoms with Gasteiger partial charge in [0.1, 0.15) is 12.4 Å². The molecule has 11 heteroatoms. The summed E-state index contributed by atoms with van der Waals surface area (Å²) in [6.07, 6.45) is -4.64. The maximum absolute atomic E-state index is 13.5. The lowest BCUT2D eigenvalue weighted by Gasteiger charge is -2.12. The molecule has 0 unspecified atom stereocenters. The summed E-state index contributed by atoms with van der Waals surface area (Å²) in [6, 6.07) is 13.4. The number of halogens is 4. The SMILES string of the molecule is O=C(NCCOc1ccc2nnc(-c3cccc(F)c3)n2n1)c1ccccc1C(F)(F)F. The number of carbonyl (C=O) groups excluding carboxylic acids is 1. The molecule has 4 aromatic rings. The molecule has 0 saturated carbocycles. The fraction of sp³-hybridized carbons (Fsp3) is 0.143. The molecule has 0 fully saturated rings. The van der Waals surface area contributed by atoms with Gasteiger partial charge in [-0.3, -0.25) is 4.79 Å². The average Bonchev–Trinajstić information content (AvgIpc) is 3.19. The van der Waals surface area contributed by atoms with Crippen LogP contribution < -0.4 is 10.1 Å². The van der Waals surface area contributed by atoms with E-state index in [1.807, 2.05) is 0 Å². The maximum atomic E-state index is 13.5. The number of amides is 1. The van der Waals surface area contributed by atoms with Crippen molar-refractivity contribution in [3.63, 3.8) is 0 Å². The van der Waals surface area contributed by atoms with E-state index >= 15 is 0 Å². The summed E-state index contributed by atoms with van der Waals surface area (Å²) in [5, 5.41) is 14.6. The molecule has 0 radical (unpaired) electrons. The van der Waals surface area contributed by atoms with Crippen LogP contribution in [0.5, 0.6) is 5.88 Å². The molecule has 0 spiro atoms. The summed E-state index contributed by atoms with van der Waals surface area (Å²) in [5.41, 5.74) is -0.599. The molecule has 1 amide bonds. The molecule has 164 valence electrons. The van der Waals surface area contributed by atoms with Crippen LogP contribution in [0.3, 0.4) is 0 Å². The molecule has 4 rings (SSSR count). The van der Waals surface area contributed by atoms with Gasteiger partial charge < -0.3 is 10.1 Å². The first-order valence-corrected chi connectivity index (χ1v) is 9.38. The number of aromatic nitrogens is 4. The molecule has 0 bridgehead atoms. The number of fused-ring (bicyclic) bond motifs is 1. The van der Waals surface area contributed by atoms with Gasteiger partial charge in [0, 0.05) is 11.6 Å². The Morgan fingerprint density at radius 3 is 2.62 bits per heavy atom. The van der Waals surface area contributed by atoms with Crippen molar-refractivity contribution in [3.05, 3.63) is 77.6 Å². The van der Waals surface area contributed by atoms with Crippen molar-refractivity contribution in [1.29, 1.82) is 0 Å². The van der Waals surface area contributed by atoms with E-state index in [0.29, 0.717) is 17.0 Å². The Morgan fingerprint density at radius 1 is 1.03 bits per heavy atom. The average molecular weight is 445 g/mol. The number of hydrogen-bond donors (Lipinski definition) is 1. The number of nitrogens with one attached hydrogen (secondary N) is 1. The molecule has 0 saturated heterocycles. The number of benzene rings is 2. The summed E-state index contributed by atoms with van der Waals surface area (Å²) < 4.78 is 59.5. The van der Waals surface area contributed by atoms with Crippen LogP contribution in [0.2, 0.25) is 0 Å².